The highest BCUT2D eigenvalue weighted by Gasteiger charge is 2.15. The normalized spacial score (nSPS) is 14.0. The third-order valence-electron chi connectivity index (χ3n) is 4.48. The zero-order valence-electron chi connectivity index (χ0n) is 16.3. The number of hydrogen-bond acceptors (Lipinski definition) is 2. The van der Waals surface area contributed by atoms with Crippen molar-refractivity contribution in [1.29, 1.82) is 0 Å². The molecule has 0 atom stereocenters. The molecule has 0 spiro atoms. The first-order valence-electron chi connectivity index (χ1n) is 9.40. The Morgan fingerprint density at radius 1 is 1.11 bits per heavy atom. The highest BCUT2D eigenvalue weighted by atomic mass is 16.1. The fraction of sp³-hybridized carbons (Fsp3) is 0.364. The smallest absolute Gasteiger partial charge is 0.251 e. The Labute approximate surface area is 161 Å². The molecule has 0 radical (unpaired) electrons. The molecule has 0 bridgehead atoms. The molecule has 0 aliphatic heterocycles. The number of benzene rings is 2. The number of aryl methyl sites for hydroxylation is 2. The van der Waals surface area contributed by atoms with E-state index in [2.05, 4.69) is 27.8 Å². The van der Waals surface area contributed by atoms with E-state index in [-0.39, 0.29) is 11.4 Å². The summed E-state index contributed by atoms with van der Waals surface area (Å²) in [5.41, 5.74) is 11.1. The second-order valence-corrected chi connectivity index (χ2v) is 8.07. The van der Waals surface area contributed by atoms with Gasteiger partial charge in [0.05, 0.1) is 6.54 Å². The molecule has 142 valence electrons. The number of hydrogen-bond donors (Lipinski definition) is 3. The van der Waals surface area contributed by atoms with Crippen LogP contribution in [0.3, 0.4) is 0 Å². The van der Waals surface area contributed by atoms with Crippen molar-refractivity contribution in [2.75, 3.05) is 5.32 Å². The molecule has 2 aromatic rings. The van der Waals surface area contributed by atoms with Gasteiger partial charge in [0.1, 0.15) is 0 Å². The molecule has 5 nitrogen and oxygen atoms in total. The molecule has 5 heteroatoms. The number of aliphatic imine (C=N–C) groups is 1. The first-order chi connectivity index (χ1) is 12.8. The van der Waals surface area contributed by atoms with Crippen LogP contribution >= 0.6 is 0 Å². The molecule has 0 unspecified atom stereocenters. The van der Waals surface area contributed by atoms with Gasteiger partial charge in [-0.05, 0) is 81.0 Å². The van der Waals surface area contributed by atoms with Crippen LogP contribution in [0.1, 0.15) is 54.2 Å². The van der Waals surface area contributed by atoms with E-state index in [0.29, 0.717) is 18.1 Å². The van der Waals surface area contributed by atoms with Crippen LogP contribution in [0.25, 0.3) is 0 Å². The highest BCUT2D eigenvalue weighted by molar-refractivity contribution is 5.95. The Balaban J connectivity index is 1.63. The van der Waals surface area contributed by atoms with Crippen LogP contribution in [0, 0.1) is 0 Å². The lowest BCUT2D eigenvalue weighted by Gasteiger charge is -2.20. The van der Waals surface area contributed by atoms with Gasteiger partial charge in [0, 0.05) is 16.8 Å². The third-order valence-corrected chi connectivity index (χ3v) is 4.48. The minimum absolute atomic E-state index is 0.0856. The van der Waals surface area contributed by atoms with E-state index >= 15 is 0 Å². The highest BCUT2D eigenvalue weighted by Crippen LogP contribution is 2.24. The average molecular weight is 364 g/mol. The minimum Gasteiger partial charge on any atom is -0.370 e. The number of nitrogens with two attached hydrogens (primary N) is 1. The Hall–Kier alpha value is -2.82. The van der Waals surface area contributed by atoms with Crippen molar-refractivity contribution in [2.24, 2.45) is 10.7 Å². The van der Waals surface area contributed by atoms with Crippen molar-refractivity contribution < 1.29 is 4.79 Å². The van der Waals surface area contributed by atoms with Crippen LogP contribution in [0.2, 0.25) is 0 Å². The first-order valence-corrected chi connectivity index (χ1v) is 9.40. The molecular weight excluding hydrogens is 336 g/mol. The van der Waals surface area contributed by atoms with E-state index in [1.807, 2.05) is 45.0 Å². The zero-order valence-corrected chi connectivity index (χ0v) is 16.3. The summed E-state index contributed by atoms with van der Waals surface area (Å²) >= 11 is 0. The van der Waals surface area contributed by atoms with E-state index in [1.54, 1.807) is 6.07 Å². The van der Waals surface area contributed by atoms with Crippen LogP contribution in [0.5, 0.6) is 0 Å². The number of nitrogens with zero attached hydrogens (tertiary/aromatic N) is 1. The van der Waals surface area contributed by atoms with Gasteiger partial charge in [0.15, 0.2) is 5.96 Å². The maximum Gasteiger partial charge on any atom is 0.251 e. The van der Waals surface area contributed by atoms with Gasteiger partial charge in [-0.1, -0.05) is 18.2 Å². The predicted octanol–water partition coefficient (Wildman–Crippen LogP) is 3.63. The minimum atomic E-state index is -0.268. The van der Waals surface area contributed by atoms with Crippen LogP contribution in [-0.2, 0) is 19.4 Å². The number of anilines is 1. The number of fused-ring (bicyclic) bond motifs is 1. The molecular formula is C22H28N4O. The summed E-state index contributed by atoms with van der Waals surface area (Å²) in [5.74, 6) is 0.287. The first kappa shape index (κ1) is 19.0. The van der Waals surface area contributed by atoms with Crippen molar-refractivity contribution >= 4 is 17.6 Å². The molecule has 1 aliphatic carbocycles. The molecule has 27 heavy (non-hydrogen) atoms. The number of carbonyl (C=O) groups is 1. The van der Waals surface area contributed by atoms with Crippen LogP contribution in [0.15, 0.2) is 47.5 Å². The van der Waals surface area contributed by atoms with E-state index in [1.165, 1.54) is 17.5 Å². The molecule has 0 heterocycles. The SMILES string of the molecule is CC(C)(C)NC(=O)c1cccc(CN=C(N)Nc2ccc3c(c2)CCC3)c1. The molecule has 1 aliphatic rings. The van der Waals surface area contributed by atoms with Gasteiger partial charge in [0.25, 0.3) is 5.91 Å². The number of carbonyl (C=O) groups excluding carboxylic acids is 1. The molecule has 0 saturated heterocycles. The number of amides is 1. The summed E-state index contributed by atoms with van der Waals surface area (Å²) in [6.07, 6.45) is 3.52. The summed E-state index contributed by atoms with van der Waals surface area (Å²) in [6, 6.07) is 13.8. The second kappa shape index (κ2) is 7.82. The summed E-state index contributed by atoms with van der Waals surface area (Å²) in [7, 11) is 0. The lowest BCUT2D eigenvalue weighted by atomic mass is 10.1. The Kier molecular flexibility index (Phi) is 5.49. The monoisotopic (exact) mass is 364 g/mol. The molecule has 1 amide bonds. The number of nitrogens with one attached hydrogen (secondary N) is 2. The average Bonchev–Trinajstić information content (AvgIpc) is 3.06. The Bertz CT molecular complexity index is 865. The number of guanidine groups is 1. The lowest BCUT2D eigenvalue weighted by Crippen LogP contribution is -2.40. The van der Waals surface area contributed by atoms with Crippen LogP contribution < -0.4 is 16.4 Å². The van der Waals surface area contributed by atoms with Gasteiger partial charge in [-0.3, -0.25) is 4.79 Å². The van der Waals surface area contributed by atoms with Crippen molar-refractivity contribution in [2.45, 2.75) is 52.1 Å². The number of rotatable bonds is 4. The Morgan fingerprint density at radius 3 is 2.67 bits per heavy atom. The Morgan fingerprint density at radius 2 is 1.89 bits per heavy atom. The molecule has 0 saturated carbocycles. The molecule has 2 aromatic carbocycles. The maximum atomic E-state index is 12.3. The fourth-order valence-corrected chi connectivity index (χ4v) is 3.24. The second-order valence-electron chi connectivity index (χ2n) is 8.07. The van der Waals surface area contributed by atoms with Crippen molar-refractivity contribution in [3.05, 3.63) is 64.7 Å². The van der Waals surface area contributed by atoms with E-state index in [0.717, 1.165) is 24.1 Å². The summed E-state index contributed by atoms with van der Waals surface area (Å²) in [5, 5.41) is 6.13. The summed E-state index contributed by atoms with van der Waals surface area (Å²) < 4.78 is 0. The molecule has 0 fully saturated rings. The lowest BCUT2D eigenvalue weighted by molar-refractivity contribution is 0.0919. The quantitative estimate of drug-likeness (QED) is 0.572. The van der Waals surface area contributed by atoms with Crippen LogP contribution in [-0.4, -0.2) is 17.4 Å². The van der Waals surface area contributed by atoms with Crippen molar-refractivity contribution in [3.63, 3.8) is 0 Å². The fourth-order valence-electron chi connectivity index (χ4n) is 3.24. The van der Waals surface area contributed by atoms with Crippen molar-refractivity contribution in [1.82, 2.24) is 5.32 Å². The van der Waals surface area contributed by atoms with Crippen LogP contribution in [0.4, 0.5) is 5.69 Å². The third kappa shape index (κ3) is 5.33. The van der Waals surface area contributed by atoms with E-state index < -0.39 is 0 Å². The topological polar surface area (TPSA) is 79.5 Å². The van der Waals surface area contributed by atoms with Crippen molar-refractivity contribution in [3.8, 4) is 0 Å². The van der Waals surface area contributed by atoms with E-state index in [9.17, 15) is 4.79 Å². The molecule has 4 N–H and O–H groups in total. The largest absolute Gasteiger partial charge is 0.370 e. The predicted molar refractivity (Wildman–Crippen MR) is 111 cm³/mol. The maximum absolute atomic E-state index is 12.3. The van der Waals surface area contributed by atoms with Gasteiger partial charge in [-0.15, -0.1) is 0 Å². The van der Waals surface area contributed by atoms with Gasteiger partial charge >= 0.3 is 0 Å². The van der Waals surface area contributed by atoms with Gasteiger partial charge in [0.2, 0.25) is 0 Å². The standard InChI is InChI=1S/C22H28N4O/c1-22(2,3)26-20(27)18-9-4-6-15(12-18)14-24-21(23)25-19-11-10-16-7-5-8-17(16)13-19/h4,6,9-13H,5,7-8,14H2,1-3H3,(H,26,27)(H3,23,24,25). The molecule has 0 aromatic heterocycles. The molecule has 3 rings (SSSR count). The van der Waals surface area contributed by atoms with Gasteiger partial charge in [-0.25, -0.2) is 4.99 Å². The summed E-state index contributed by atoms with van der Waals surface area (Å²) in [6.45, 7) is 6.31. The van der Waals surface area contributed by atoms with E-state index in [4.69, 9.17) is 5.73 Å². The van der Waals surface area contributed by atoms with Gasteiger partial charge < -0.3 is 16.4 Å². The zero-order chi connectivity index (χ0) is 19.4. The summed E-state index contributed by atoms with van der Waals surface area (Å²) in [4.78, 5) is 16.7. The van der Waals surface area contributed by atoms with Gasteiger partial charge in [-0.2, -0.15) is 0 Å².